The van der Waals surface area contributed by atoms with Gasteiger partial charge in [0.05, 0.1) is 19.5 Å². The van der Waals surface area contributed by atoms with Crippen LogP contribution in [0.1, 0.15) is 5.76 Å². The van der Waals surface area contributed by atoms with Gasteiger partial charge in [-0.15, -0.1) is 0 Å². The predicted molar refractivity (Wildman–Crippen MR) is 97.9 cm³/mol. The first-order valence-corrected chi connectivity index (χ1v) is 9.69. The van der Waals surface area contributed by atoms with Crippen molar-refractivity contribution in [1.82, 2.24) is 0 Å². The van der Waals surface area contributed by atoms with E-state index in [2.05, 4.69) is 0 Å². The molecule has 2 saturated heterocycles. The summed E-state index contributed by atoms with van der Waals surface area (Å²) < 4.78 is 26.0. The Labute approximate surface area is 180 Å². The topological polar surface area (TPSA) is 229 Å². The number of aliphatic hydroxyl groups excluding tert-OH is 8. The maximum absolute atomic E-state index is 12.1. The molecule has 0 radical (unpaired) electrons. The SMILES string of the molecule is O=c1ccoc(CO)c1OC1OC(CO)C(O)C(OCC2OC(O)C(O)C(O)C2O)C1O. The van der Waals surface area contributed by atoms with Gasteiger partial charge in [0.1, 0.15) is 55.4 Å². The Morgan fingerprint density at radius 2 is 1.59 bits per heavy atom. The quantitative estimate of drug-likeness (QED) is 0.188. The van der Waals surface area contributed by atoms with E-state index >= 15 is 0 Å². The minimum absolute atomic E-state index is 0.252. The van der Waals surface area contributed by atoms with Crippen LogP contribution in [-0.4, -0.2) is 115 Å². The average molecular weight is 466 g/mol. The zero-order valence-corrected chi connectivity index (χ0v) is 16.6. The van der Waals surface area contributed by atoms with E-state index in [9.17, 15) is 45.6 Å². The molecule has 2 aliphatic heterocycles. The van der Waals surface area contributed by atoms with Crippen LogP contribution >= 0.6 is 0 Å². The number of aliphatic hydroxyl groups is 8. The molecule has 3 heterocycles. The van der Waals surface area contributed by atoms with Crippen LogP contribution in [0, 0.1) is 0 Å². The molecule has 0 saturated carbocycles. The Hall–Kier alpha value is -1.69. The molecule has 14 nitrogen and oxygen atoms in total. The van der Waals surface area contributed by atoms with E-state index in [1.165, 1.54) is 0 Å². The lowest BCUT2D eigenvalue weighted by Gasteiger charge is -2.43. The molecule has 0 aromatic carbocycles. The molecule has 2 fully saturated rings. The summed E-state index contributed by atoms with van der Waals surface area (Å²) in [5.41, 5.74) is -0.694. The third kappa shape index (κ3) is 4.95. The van der Waals surface area contributed by atoms with E-state index in [1.807, 2.05) is 0 Å². The Morgan fingerprint density at radius 3 is 2.25 bits per heavy atom. The fourth-order valence-electron chi connectivity index (χ4n) is 3.42. The summed E-state index contributed by atoms with van der Waals surface area (Å²) >= 11 is 0. The molecule has 32 heavy (non-hydrogen) atoms. The Kier molecular flexibility index (Phi) is 8.18. The normalized spacial score (nSPS) is 40.2. The van der Waals surface area contributed by atoms with Crippen LogP contribution in [0.2, 0.25) is 0 Å². The van der Waals surface area contributed by atoms with Crippen molar-refractivity contribution in [3.63, 3.8) is 0 Å². The summed E-state index contributed by atoms with van der Waals surface area (Å²) in [5, 5.41) is 78.7. The minimum atomic E-state index is -1.82. The molecular weight excluding hydrogens is 440 g/mol. The summed E-state index contributed by atoms with van der Waals surface area (Å²) in [5.74, 6) is -0.713. The summed E-state index contributed by atoms with van der Waals surface area (Å²) in [6, 6.07) is 1.00. The standard InChI is InChI=1S/C18H26O14/c19-3-7-11(23)16(29-5-9-10(22)12(24)13(25)17(27)30-9)14(26)18(31-7)32-15-6(21)1-2-28-8(15)4-20/h1-2,7,9-14,16-20,22-27H,3-5H2. The molecule has 182 valence electrons. The molecule has 3 rings (SSSR count). The first kappa shape index (κ1) is 24.9. The number of ether oxygens (including phenoxy) is 4. The van der Waals surface area contributed by atoms with Crippen LogP contribution in [0.3, 0.4) is 0 Å². The van der Waals surface area contributed by atoms with Gasteiger partial charge in [0.15, 0.2) is 12.1 Å². The second kappa shape index (κ2) is 10.5. The largest absolute Gasteiger partial charge is 0.463 e. The zero-order valence-electron chi connectivity index (χ0n) is 16.6. The van der Waals surface area contributed by atoms with Gasteiger partial charge in [-0.1, -0.05) is 0 Å². The lowest BCUT2D eigenvalue weighted by Crippen LogP contribution is -2.63. The molecule has 10 atom stereocenters. The lowest BCUT2D eigenvalue weighted by molar-refractivity contribution is -0.311. The molecule has 8 N–H and O–H groups in total. The van der Waals surface area contributed by atoms with Crippen molar-refractivity contribution in [2.24, 2.45) is 0 Å². The summed E-state index contributed by atoms with van der Waals surface area (Å²) in [4.78, 5) is 12.1. The molecule has 0 bridgehead atoms. The maximum atomic E-state index is 12.1. The monoisotopic (exact) mass is 466 g/mol. The molecule has 14 heteroatoms. The predicted octanol–water partition coefficient (Wildman–Crippen LogP) is -4.86. The van der Waals surface area contributed by atoms with Crippen LogP contribution < -0.4 is 10.2 Å². The molecule has 2 aliphatic rings. The third-order valence-electron chi connectivity index (χ3n) is 5.25. The second-order valence-corrected chi connectivity index (χ2v) is 7.35. The first-order chi connectivity index (χ1) is 15.2. The van der Waals surface area contributed by atoms with Crippen molar-refractivity contribution in [3.8, 4) is 5.75 Å². The number of rotatable bonds is 7. The molecule has 0 spiro atoms. The average Bonchev–Trinajstić information content (AvgIpc) is 2.78. The maximum Gasteiger partial charge on any atom is 0.229 e. The van der Waals surface area contributed by atoms with Crippen LogP contribution in [0.25, 0.3) is 0 Å². The van der Waals surface area contributed by atoms with Crippen molar-refractivity contribution in [3.05, 3.63) is 28.3 Å². The summed E-state index contributed by atoms with van der Waals surface area (Å²) in [6.07, 6.45) is -15.1. The smallest absolute Gasteiger partial charge is 0.229 e. The zero-order chi connectivity index (χ0) is 23.6. The van der Waals surface area contributed by atoms with Gasteiger partial charge in [-0.3, -0.25) is 4.79 Å². The van der Waals surface area contributed by atoms with E-state index in [0.29, 0.717) is 0 Å². The van der Waals surface area contributed by atoms with Crippen molar-refractivity contribution in [2.45, 2.75) is 68.0 Å². The Morgan fingerprint density at radius 1 is 0.875 bits per heavy atom. The molecular formula is C18H26O14. The molecule has 0 amide bonds. The van der Waals surface area contributed by atoms with E-state index in [-0.39, 0.29) is 5.76 Å². The van der Waals surface area contributed by atoms with Gasteiger partial charge in [-0.2, -0.15) is 0 Å². The van der Waals surface area contributed by atoms with E-state index < -0.39 is 92.4 Å². The molecule has 1 aromatic rings. The summed E-state index contributed by atoms with van der Waals surface area (Å²) in [7, 11) is 0. The van der Waals surface area contributed by atoms with Crippen molar-refractivity contribution in [1.29, 1.82) is 0 Å². The highest BCUT2D eigenvalue weighted by Crippen LogP contribution is 2.28. The van der Waals surface area contributed by atoms with Gasteiger partial charge in [-0.05, 0) is 0 Å². The van der Waals surface area contributed by atoms with Crippen LogP contribution in [0.4, 0.5) is 0 Å². The highest BCUT2D eigenvalue weighted by atomic mass is 16.7. The lowest BCUT2D eigenvalue weighted by atomic mass is 9.97. The van der Waals surface area contributed by atoms with E-state index in [0.717, 1.165) is 12.3 Å². The Balaban J connectivity index is 1.75. The fourth-order valence-corrected chi connectivity index (χ4v) is 3.42. The van der Waals surface area contributed by atoms with Crippen LogP contribution in [0.15, 0.2) is 21.5 Å². The van der Waals surface area contributed by atoms with Gasteiger partial charge in [0.25, 0.3) is 0 Å². The minimum Gasteiger partial charge on any atom is -0.463 e. The van der Waals surface area contributed by atoms with E-state index in [1.54, 1.807) is 0 Å². The van der Waals surface area contributed by atoms with Crippen molar-refractivity contribution in [2.75, 3.05) is 13.2 Å². The fraction of sp³-hybridized carbons (Fsp3) is 0.722. The van der Waals surface area contributed by atoms with Gasteiger partial charge in [0.2, 0.25) is 17.5 Å². The van der Waals surface area contributed by atoms with Crippen LogP contribution in [-0.2, 0) is 20.8 Å². The third-order valence-corrected chi connectivity index (χ3v) is 5.25. The van der Waals surface area contributed by atoms with E-state index in [4.69, 9.17) is 23.4 Å². The second-order valence-electron chi connectivity index (χ2n) is 7.35. The number of hydrogen-bond donors (Lipinski definition) is 8. The number of hydrogen-bond acceptors (Lipinski definition) is 14. The van der Waals surface area contributed by atoms with Crippen molar-refractivity contribution >= 4 is 0 Å². The molecule has 10 unspecified atom stereocenters. The van der Waals surface area contributed by atoms with Gasteiger partial charge in [-0.25, -0.2) is 0 Å². The van der Waals surface area contributed by atoms with Gasteiger partial charge < -0.3 is 64.2 Å². The van der Waals surface area contributed by atoms with Crippen molar-refractivity contribution < 1.29 is 64.2 Å². The molecule has 1 aromatic heterocycles. The summed E-state index contributed by atoms with van der Waals surface area (Å²) in [6.45, 7) is -2.00. The van der Waals surface area contributed by atoms with Gasteiger partial charge >= 0.3 is 0 Å². The van der Waals surface area contributed by atoms with Crippen LogP contribution in [0.5, 0.6) is 5.75 Å². The molecule has 0 aliphatic carbocycles. The highest BCUT2D eigenvalue weighted by molar-refractivity contribution is 5.24. The highest BCUT2D eigenvalue weighted by Gasteiger charge is 2.48. The first-order valence-electron chi connectivity index (χ1n) is 9.69. The van der Waals surface area contributed by atoms with Gasteiger partial charge in [0, 0.05) is 6.07 Å². The Bertz CT molecular complexity index is 800.